The van der Waals surface area contributed by atoms with E-state index in [-0.39, 0.29) is 6.04 Å². The van der Waals surface area contributed by atoms with Crippen LogP contribution in [-0.2, 0) is 0 Å². The number of benzene rings is 1. The highest BCUT2D eigenvalue weighted by Crippen LogP contribution is 2.22. The number of aliphatic hydroxyl groups is 1. The maximum Gasteiger partial charge on any atom is 0.159 e. The number of halogens is 2. The van der Waals surface area contributed by atoms with Gasteiger partial charge in [-0.3, -0.25) is 4.90 Å². The van der Waals surface area contributed by atoms with Gasteiger partial charge in [0.2, 0.25) is 0 Å². The molecule has 3 nitrogen and oxygen atoms in total. The molecule has 100 valence electrons. The predicted molar refractivity (Wildman–Crippen MR) is 65.2 cm³/mol. The smallest absolute Gasteiger partial charge is 0.159 e. The van der Waals surface area contributed by atoms with Gasteiger partial charge in [-0.15, -0.1) is 0 Å². The second-order valence-corrected chi connectivity index (χ2v) is 4.64. The van der Waals surface area contributed by atoms with Crippen molar-refractivity contribution >= 4 is 0 Å². The van der Waals surface area contributed by atoms with Crippen molar-refractivity contribution < 1.29 is 13.9 Å². The van der Waals surface area contributed by atoms with Gasteiger partial charge in [0.25, 0.3) is 0 Å². The fourth-order valence-corrected chi connectivity index (χ4v) is 2.26. The molecular formula is C13H18F2N2O. The molecule has 2 unspecified atom stereocenters. The topological polar surface area (TPSA) is 35.5 Å². The first-order valence-electron chi connectivity index (χ1n) is 6.17. The maximum absolute atomic E-state index is 13.1. The fraction of sp³-hybridized carbons (Fsp3) is 0.538. The lowest BCUT2D eigenvalue weighted by atomic mass is 10.0. The Hall–Kier alpha value is -1.04. The number of hydrogen-bond acceptors (Lipinski definition) is 3. The van der Waals surface area contributed by atoms with Crippen molar-refractivity contribution in [2.75, 3.05) is 26.2 Å². The van der Waals surface area contributed by atoms with Crippen molar-refractivity contribution in [3.8, 4) is 0 Å². The van der Waals surface area contributed by atoms with Crippen LogP contribution in [0.1, 0.15) is 18.6 Å². The molecule has 0 aromatic heterocycles. The quantitative estimate of drug-likeness (QED) is 0.855. The third kappa shape index (κ3) is 2.85. The Morgan fingerprint density at radius 3 is 2.50 bits per heavy atom. The van der Waals surface area contributed by atoms with Crippen LogP contribution in [0.3, 0.4) is 0 Å². The second kappa shape index (κ2) is 5.73. The lowest BCUT2D eigenvalue weighted by Crippen LogP contribution is -2.49. The summed E-state index contributed by atoms with van der Waals surface area (Å²) in [5.41, 5.74) is 0.417. The Balaban J connectivity index is 2.09. The van der Waals surface area contributed by atoms with Crippen LogP contribution in [0.4, 0.5) is 8.78 Å². The number of nitrogens with zero attached hydrogens (tertiary/aromatic N) is 1. The monoisotopic (exact) mass is 256 g/mol. The van der Waals surface area contributed by atoms with E-state index in [1.807, 2.05) is 6.92 Å². The highest BCUT2D eigenvalue weighted by Gasteiger charge is 2.24. The summed E-state index contributed by atoms with van der Waals surface area (Å²) >= 11 is 0. The molecule has 1 aromatic rings. The Bertz CT molecular complexity index is 408. The molecule has 2 atom stereocenters. The van der Waals surface area contributed by atoms with Crippen molar-refractivity contribution in [1.82, 2.24) is 10.2 Å². The van der Waals surface area contributed by atoms with Gasteiger partial charge in [0.15, 0.2) is 11.6 Å². The van der Waals surface area contributed by atoms with Crippen LogP contribution in [-0.4, -0.2) is 42.2 Å². The van der Waals surface area contributed by atoms with Gasteiger partial charge in [-0.05, 0) is 24.6 Å². The second-order valence-electron chi connectivity index (χ2n) is 4.64. The zero-order valence-electron chi connectivity index (χ0n) is 10.4. The molecule has 0 saturated carbocycles. The molecule has 1 aliphatic rings. The van der Waals surface area contributed by atoms with Crippen molar-refractivity contribution in [3.05, 3.63) is 35.4 Å². The SMILES string of the molecule is CC(C(O)c1ccc(F)c(F)c1)N1CCNCC1. The summed E-state index contributed by atoms with van der Waals surface area (Å²) in [6.07, 6.45) is -0.807. The van der Waals surface area contributed by atoms with Gasteiger partial charge in [-0.1, -0.05) is 6.07 Å². The third-order valence-corrected chi connectivity index (χ3v) is 3.47. The van der Waals surface area contributed by atoms with E-state index in [2.05, 4.69) is 10.2 Å². The van der Waals surface area contributed by atoms with Crippen LogP contribution in [0.25, 0.3) is 0 Å². The Morgan fingerprint density at radius 1 is 1.22 bits per heavy atom. The predicted octanol–water partition coefficient (Wildman–Crippen LogP) is 1.29. The molecule has 0 bridgehead atoms. The average molecular weight is 256 g/mol. The molecule has 0 spiro atoms. The van der Waals surface area contributed by atoms with Gasteiger partial charge in [0.05, 0.1) is 6.10 Å². The molecule has 0 amide bonds. The molecule has 2 N–H and O–H groups in total. The van der Waals surface area contributed by atoms with Gasteiger partial charge >= 0.3 is 0 Å². The standard InChI is InChI=1S/C13H18F2N2O/c1-9(17-6-4-16-5-7-17)13(18)10-2-3-11(14)12(15)8-10/h2-3,8-9,13,16,18H,4-7H2,1H3. The summed E-state index contributed by atoms with van der Waals surface area (Å²) in [5.74, 6) is -1.81. The Morgan fingerprint density at radius 2 is 1.89 bits per heavy atom. The molecular weight excluding hydrogens is 238 g/mol. The van der Waals surface area contributed by atoms with E-state index < -0.39 is 17.7 Å². The minimum Gasteiger partial charge on any atom is -0.387 e. The summed E-state index contributed by atoms with van der Waals surface area (Å²) in [5, 5.41) is 13.4. The van der Waals surface area contributed by atoms with E-state index >= 15 is 0 Å². The highest BCUT2D eigenvalue weighted by molar-refractivity contribution is 5.21. The van der Waals surface area contributed by atoms with Crippen LogP contribution in [0.2, 0.25) is 0 Å². The number of piperazine rings is 1. The minimum atomic E-state index is -0.918. The van der Waals surface area contributed by atoms with E-state index in [9.17, 15) is 13.9 Å². The molecule has 1 aliphatic heterocycles. The lowest BCUT2D eigenvalue weighted by Gasteiger charge is -2.35. The van der Waals surface area contributed by atoms with E-state index in [0.29, 0.717) is 5.56 Å². The van der Waals surface area contributed by atoms with Crippen molar-refractivity contribution in [2.45, 2.75) is 19.1 Å². The summed E-state index contributed by atoms with van der Waals surface area (Å²) < 4.78 is 26.0. The molecule has 0 radical (unpaired) electrons. The molecule has 18 heavy (non-hydrogen) atoms. The van der Waals surface area contributed by atoms with Crippen LogP contribution in [0, 0.1) is 11.6 Å². The minimum absolute atomic E-state index is 0.114. The third-order valence-electron chi connectivity index (χ3n) is 3.47. The molecule has 0 aliphatic carbocycles. The zero-order chi connectivity index (χ0) is 13.1. The molecule has 5 heteroatoms. The van der Waals surface area contributed by atoms with Gasteiger partial charge in [-0.2, -0.15) is 0 Å². The fourth-order valence-electron chi connectivity index (χ4n) is 2.26. The molecule has 1 heterocycles. The van der Waals surface area contributed by atoms with Crippen molar-refractivity contribution in [2.24, 2.45) is 0 Å². The maximum atomic E-state index is 13.1. The van der Waals surface area contributed by atoms with Crippen LogP contribution < -0.4 is 5.32 Å². The van der Waals surface area contributed by atoms with Gasteiger partial charge < -0.3 is 10.4 Å². The number of hydrogen-bond donors (Lipinski definition) is 2. The molecule has 1 fully saturated rings. The normalized spacial score (nSPS) is 20.7. The molecule has 1 aromatic carbocycles. The first-order chi connectivity index (χ1) is 8.59. The van der Waals surface area contributed by atoms with E-state index in [4.69, 9.17) is 0 Å². The number of rotatable bonds is 3. The van der Waals surface area contributed by atoms with Gasteiger partial charge in [-0.25, -0.2) is 8.78 Å². The summed E-state index contributed by atoms with van der Waals surface area (Å²) in [7, 11) is 0. The average Bonchev–Trinajstić information content (AvgIpc) is 2.41. The number of nitrogens with one attached hydrogen (secondary N) is 1. The first-order valence-corrected chi connectivity index (χ1v) is 6.17. The van der Waals surface area contributed by atoms with E-state index in [1.54, 1.807) is 0 Å². The van der Waals surface area contributed by atoms with E-state index in [1.165, 1.54) is 6.07 Å². The van der Waals surface area contributed by atoms with Crippen LogP contribution in [0.15, 0.2) is 18.2 Å². The Kier molecular flexibility index (Phi) is 4.27. The molecule has 1 saturated heterocycles. The van der Waals surface area contributed by atoms with Gasteiger partial charge in [0, 0.05) is 32.2 Å². The summed E-state index contributed by atoms with van der Waals surface area (Å²) in [6, 6.07) is 3.44. The lowest BCUT2D eigenvalue weighted by molar-refractivity contribution is 0.0507. The number of aliphatic hydroxyl groups excluding tert-OH is 1. The zero-order valence-corrected chi connectivity index (χ0v) is 10.4. The summed E-state index contributed by atoms with van der Waals surface area (Å²) in [4.78, 5) is 2.14. The largest absolute Gasteiger partial charge is 0.387 e. The van der Waals surface area contributed by atoms with Crippen molar-refractivity contribution in [3.63, 3.8) is 0 Å². The molecule has 2 rings (SSSR count). The van der Waals surface area contributed by atoms with E-state index in [0.717, 1.165) is 38.3 Å². The first kappa shape index (κ1) is 13.4. The van der Waals surface area contributed by atoms with Gasteiger partial charge in [0.1, 0.15) is 0 Å². The van der Waals surface area contributed by atoms with Crippen LogP contribution >= 0.6 is 0 Å². The van der Waals surface area contributed by atoms with Crippen LogP contribution in [0.5, 0.6) is 0 Å². The van der Waals surface area contributed by atoms with Crippen molar-refractivity contribution in [1.29, 1.82) is 0 Å². The highest BCUT2D eigenvalue weighted by atomic mass is 19.2. The Labute approximate surface area is 105 Å². The summed E-state index contributed by atoms with van der Waals surface area (Å²) in [6.45, 7) is 5.37.